The monoisotopic (exact) mass is 1570 g/mol. The zero-order valence-corrected chi connectivity index (χ0v) is 60.0. The van der Waals surface area contributed by atoms with Gasteiger partial charge in [0.1, 0.15) is 73.1 Å². The second kappa shape index (κ2) is 44.4. The molecule has 0 bridgehead atoms. The van der Waals surface area contributed by atoms with E-state index in [4.69, 9.17) is 26.7 Å². The summed E-state index contributed by atoms with van der Waals surface area (Å²) in [5.74, 6) is -29.4. The maximum atomic E-state index is 14.8. The summed E-state index contributed by atoms with van der Waals surface area (Å²) in [7, 11) is 0. The molecule has 44 heteroatoms. The van der Waals surface area contributed by atoms with Crippen LogP contribution in [0.4, 0.5) is 10.5 Å². The molecule has 2 heterocycles. The molecule has 2 aromatic carbocycles. The van der Waals surface area contributed by atoms with Gasteiger partial charge in [-0.1, -0.05) is 49.4 Å². The predicted octanol–water partition coefficient (Wildman–Crippen LogP) is -7.37. The number of carbonyl (C=O) groups excluding carboxylic acids is 16. The van der Waals surface area contributed by atoms with Crippen LogP contribution in [0.1, 0.15) is 93.6 Å². The van der Waals surface area contributed by atoms with Gasteiger partial charge in [-0.3, -0.25) is 86.3 Å². The van der Waals surface area contributed by atoms with Crippen molar-refractivity contribution in [2.45, 2.75) is 158 Å². The fourth-order valence-electron chi connectivity index (χ4n) is 10.2. The first-order valence-electron chi connectivity index (χ1n) is 33.5. The summed E-state index contributed by atoms with van der Waals surface area (Å²) in [6, 6.07) is -7.57. The molecular weight excluding hydrogens is 1480 g/mol. The highest BCUT2D eigenvalue weighted by atomic mass is 32.1. The maximum Gasteiger partial charge on any atom is 0.407 e. The van der Waals surface area contributed by atoms with Crippen molar-refractivity contribution in [3.8, 4) is 0 Å². The number of alkyl carbamates (subject to hydrolysis) is 1. The predicted molar refractivity (Wildman–Crippen MR) is 375 cm³/mol. The van der Waals surface area contributed by atoms with Crippen LogP contribution < -0.4 is 86.3 Å². The number of aliphatic hydroxyl groups is 1. The number of anilines is 1. The summed E-state index contributed by atoms with van der Waals surface area (Å²) in [4.78, 5) is 270. The number of esters is 1. The topological polar surface area (TPSA) is 695 Å². The third-order valence-corrected chi connectivity index (χ3v) is 16.7. The number of carboxylic acids is 4. The van der Waals surface area contributed by atoms with Gasteiger partial charge in [0.05, 0.1) is 57.8 Å². The number of Topliss-reactive ketones (excluding diaryl/α,β-unsaturated/α-hetero) is 1. The van der Waals surface area contributed by atoms with Crippen LogP contribution in [0.25, 0.3) is 0 Å². The molecule has 0 spiro atoms. The number of aliphatic carboxylic acids is 4. The summed E-state index contributed by atoms with van der Waals surface area (Å²) < 4.78 is 10.8. The molecule has 0 unspecified atom stereocenters. The summed E-state index contributed by atoms with van der Waals surface area (Å²) in [5.41, 5.74) is 18.2. The summed E-state index contributed by atoms with van der Waals surface area (Å²) in [6.07, 6.45) is -11.0. The van der Waals surface area contributed by atoms with E-state index in [0.717, 1.165) is 20.8 Å². The Hall–Kier alpha value is -12.7. The number of carboxylic acid groups (broad SMARTS) is 4. The molecule has 3 aromatic rings. The van der Waals surface area contributed by atoms with Crippen LogP contribution in [-0.2, 0) is 109 Å². The molecular formula is C66H86N16O27S. The summed E-state index contributed by atoms with van der Waals surface area (Å²) in [6.45, 7) is -1.40. The Bertz CT molecular complexity index is 3890. The van der Waals surface area contributed by atoms with Gasteiger partial charge in [0, 0.05) is 24.2 Å². The molecule has 4 rings (SSSR count). The molecule has 0 aliphatic carbocycles. The number of amides is 14. The van der Waals surface area contributed by atoms with Crippen molar-refractivity contribution in [1.29, 1.82) is 0 Å². The molecule has 1 saturated heterocycles. The summed E-state index contributed by atoms with van der Waals surface area (Å²) in [5, 5.41) is 80.6. The lowest BCUT2D eigenvalue weighted by Crippen LogP contribution is -2.61. The number of nitrogens with two attached hydrogens (primary N) is 3. The molecule has 0 radical (unpaired) electrons. The van der Waals surface area contributed by atoms with Gasteiger partial charge in [0.15, 0.2) is 5.78 Å². The van der Waals surface area contributed by atoms with Gasteiger partial charge in [0.2, 0.25) is 76.8 Å². The number of benzene rings is 2. The van der Waals surface area contributed by atoms with Gasteiger partial charge in [-0.15, -0.1) is 0 Å². The molecule has 1 aliphatic rings. The Labute approximate surface area is 628 Å². The number of nitrogens with one attached hydrogen (secondary N) is 13. The number of ether oxygens (including phenoxy) is 2. The van der Waals surface area contributed by atoms with E-state index >= 15 is 0 Å². The zero-order chi connectivity index (χ0) is 82.1. The van der Waals surface area contributed by atoms with E-state index in [-0.39, 0.29) is 37.2 Å². The lowest BCUT2D eigenvalue weighted by Gasteiger charge is -2.30. The van der Waals surface area contributed by atoms with E-state index < -0.39 is 262 Å². The number of aliphatic hydroxyl groups excluding tert-OH is 1. The smallest absolute Gasteiger partial charge is 0.407 e. The Morgan fingerprint density at radius 2 is 1.15 bits per heavy atom. The van der Waals surface area contributed by atoms with Crippen LogP contribution in [0.15, 0.2) is 71.4 Å². The molecule has 1 aromatic heterocycles. The second-order valence-corrected chi connectivity index (χ2v) is 25.6. The SMILES string of the molecule is C[C@H](CC(=O)O)[C@@H]1NC(=O)[C@@H](CO)NC(=O)CNC(=O)[C@H](CC(=O)O)NC(=O)[C@@H](C)NC(=O)[C@H](CC(=O)O)NC(=O)[C@H](CCCNC(=O)OCc2ccccc2)NC(=O)CNC(=O)[C@@H](NC(=O)[C@H](CC(=O)O)NC(=O)[C@@H](CC(N)=O)NC(=O)[C@@H](N)Cc2ccsc2)[C@@H](C)OC(=O)[C@H](CC(=O)c2ccccc2N)NC1=O. The average Bonchev–Trinajstić information content (AvgIpc) is 0.903. The molecule has 14 amide bonds. The zero-order valence-electron chi connectivity index (χ0n) is 59.2. The van der Waals surface area contributed by atoms with Gasteiger partial charge in [-0.2, -0.15) is 11.3 Å². The van der Waals surface area contributed by atoms with Crippen molar-refractivity contribution in [3.05, 3.63) is 88.1 Å². The van der Waals surface area contributed by atoms with Gasteiger partial charge in [-0.25, -0.2) is 9.59 Å². The number of ketones is 1. The third kappa shape index (κ3) is 31.0. The van der Waals surface area contributed by atoms with E-state index in [1.54, 1.807) is 47.2 Å². The van der Waals surface area contributed by atoms with Gasteiger partial charge in [-0.05, 0) is 79.1 Å². The van der Waals surface area contributed by atoms with Crippen molar-refractivity contribution in [2.75, 3.05) is 32.0 Å². The third-order valence-electron chi connectivity index (χ3n) is 15.9. The molecule has 1 aliphatic heterocycles. The summed E-state index contributed by atoms with van der Waals surface area (Å²) >= 11 is 1.26. The molecule has 110 heavy (non-hydrogen) atoms. The van der Waals surface area contributed by atoms with Crippen molar-refractivity contribution in [3.63, 3.8) is 0 Å². The van der Waals surface area contributed by atoms with Crippen LogP contribution >= 0.6 is 11.3 Å². The number of carbonyl (C=O) groups is 20. The maximum absolute atomic E-state index is 14.8. The molecule has 43 nitrogen and oxygen atoms in total. The molecule has 13 atom stereocenters. The minimum Gasteiger partial charge on any atom is -0.481 e. The fraction of sp³-hybridized carbons (Fsp3) is 0.455. The molecule has 1 fully saturated rings. The van der Waals surface area contributed by atoms with Crippen LogP contribution in [-0.4, -0.2) is 243 Å². The molecule has 0 saturated carbocycles. The lowest BCUT2D eigenvalue weighted by molar-refractivity contribution is -0.156. The van der Waals surface area contributed by atoms with Crippen LogP contribution in [0.2, 0.25) is 0 Å². The number of primary amides is 1. The number of cyclic esters (lactones) is 1. The van der Waals surface area contributed by atoms with E-state index in [1.807, 2.05) is 21.3 Å². The number of thiophene rings is 1. The first-order chi connectivity index (χ1) is 51.8. The molecule has 24 N–H and O–H groups in total. The van der Waals surface area contributed by atoms with Crippen molar-refractivity contribution >= 4 is 136 Å². The number of para-hydroxylation sites is 1. The lowest BCUT2D eigenvalue weighted by atomic mass is 9.96. The van der Waals surface area contributed by atoms with Crippen LogP contribution in [0.3, 0.4) is 0 Å². The van der Waals surface area contributed by atoms with E-state index in [2.05, 4.69) is 47.9 Å². The van der Waals surface area contributed by atoms with Gasteiger partial charge >= 0.3 is 35.9 Å². The standard InChI is InChI=1S/C66H86N16O27S/c1-30(18-49(88)89)53-64(105)80-43(20-45(84)35-12-7-8-13-36(35)67)65(106)109-32(3)54(82-61(102)42(24-52(94)95)79-60(101)39(21-46(69)85)77-56(97)37(68)19-34-15-17-110-29-34)63(104)72-26-47(86)74-38(14-9-16-70-66(107)108-28-33-10-5-4-6-11-33)58(99)78-41(23-51(92)93)59(100)73-31(2)55(96)76-40(22-50(90)91)57(98)71-25-48(87)75-44(27-83)62(103)81-53/h4-8,10-13,15,17,29-32,37-44,53-54,83H,9,14,16,18-28,67-68H2,1-3H3,(H2,69,85)(H,70,107)(H,71,98)(H,72,104)(H,73,100)(H,74,86)(H,75,87)(H,76,96)(H,77,97)(H,78,99)(H,79,101)(H,80,105)(H,81,103)(H,82,102)(H,88,89)(H,90,91)(H,92,93)(H,94,95)/t30-,31-,32-,37+,38+,39-,40+,41+,42+,43+,44-,53+,54+/m1/s1. The average molecular weight is 1570 g/mol. The largest absolute Gasteiger partial charge is 0.481 e. The van der Waals surface area contributed by atoms with E-state index in [1.165, 1.54) is 35.6 Å². The van der Waals surface area contributed by atoms with Crippen molar-refractivity contribution in [2.24, 2.45) is 17.4 Å². The highest BCUT2D eigenvalue weighted by Gasteiger charge is 2.41. The Morgan fingerprint density at radius 1 is 0.591 bits per heavy atom. The fourth-order valence-corrected chi connectivity index (χ4v) is 10.9. The second-order valence-electron chi connectivity index (χ2n) is 24.8. The number of hydrogen-bond donors (Lipinski definition) is 21. The Morgan fingerprint density at radius 3 is 1.74 bits per heavy atom. The highest BCUT2D eigenvalue weighted by molar-refractivity contribution is 7.08. The van der Waals surface area contributed by atoms with Crippen molar-refractivity contribution < 1.29 is 131 Å². The normalized spacial score (nSPS) is 21.5. The van der Waals surface area contributed by atoms with Crippen LogP contribution in [0, 0.1) is 5.92 Å². The molecule has 598 valence electrons. The first-order valence-corrected chi connectivity index (χ1v) is 34.4. The number of hydrogen-bond acceptors (Lipinski definition) is 26. The minimum atomic E-state index is -2.46. The van der Waals surface area contributed by atoms with E-state index in [9.17, 15) is 121 Å². The first kappa shape index (κ1) is 89.7. The Kier molecular flexibility index (Phi) is 36.2. The minimum absolute atomic E-state index is 0.0880. The van der Waals surface area contributed by atoms with Gasteiger partial charge in [0.25, 0.3) is 0 Å². The van der Waals surface area contributed by atoms with E-state index in [0.29, 0.717) is 11.1 Å². The quantitative estimate of drug-likeness (QED) is 0.0133. The van der Waals surface area contributed by atoms with Crippen molar-refractivity contribution in [1.82, 2.24) is 69.1 Å². The Balaban J connectivity index is 1.89. The van der Waals surface area contributed by atoms with Gasteiger partial charge < -0.3 is 121 Å². The number of rotatable bonds is 29. The van der Waals surface area contributed by atoms with Crippen LogP contribution in [0.5, 0.6) is 0 Å². The number of nitrogen functional groups attached to an aromatic ring is 1. The highest BCUT2D eigenvalue weighted by Crippen LogP contribution is 2.18.